The first-order valence-corrected chi connectivity index (χ1v) is 5.71. The van der Waals surface area contributed by atoms with E-state index in [4.69, 9.17) is 0 Å². The molecule has 1 aliphatic rings. The van der Waals surface area contributed by atoms with Gasteiger partial charge in [0.05, 0.1) is 0 Å². The number of rotatable bonds is 2. The first-order chi connectivity index (χ1) is 7.18. The maximum atomic E-state index is 9.26. The lowest BCUT2D eigenvalue weighted by Gasteiger charge is -2.23. The third-order valence-corrected chi connectivity index (χ3v) is 3.31. The van der Waals surface area contributed by atoms with Gasteiger partial charge in [-0.15, -0.1) is 0 Å². The van der Waals surface area contributed by atoms with Crippen LogP contribution in [-0.4, -0.2) is 17.7 Å². The molecule has 1 unspecified atom stereocenters. The second kappa shape index (κ2) is 4.23. The van der Waals surface area contributed by atoms with Crippen molar-refractivity contribution in [1.29, 1.82) is 0 Å². The zero-order chi connectivity index (χ0) is 10.8. The van der Waals surface area contributed by atoms with Crippen molar-refractivity contribution < 1.29 is 5.11 Å². The van der Waals surface area contributed by atoms with Crippen molar-refractivity contribution in [2.24, 2.45) is 5.92 Å². The highest BCUT2D eigenvalue weighted by atomic mass is 16.3. The predicted octanol–water partition coefficient (Wildman–Crippen LogP) is 2.49. The van der Waals surface area contributed by atoms with E-state index in [1.807, 2.05) is 12.1 Å². The number of benzene rings is 1. The quantitative estimate of drug-likeness (QED) is 0.777. The number of hydrogen-bond donors (Lipinski definition) is 2. The number of phenols is 1. The molecule has 2 atom stereocenters. The first-order valence-electron chi connectivity index (χ1n) is 5.71. The summed E-state index contributed by atoms with van der Waals surface area (Å²) in [5.74, 6) is 1.61. The van der Waals surface area contributed by atoms with E-state index in [1.54, 1.807) is 12.1 Å². The molecule has 2 heteroatoms. The normalized spacial score (nSPS) is 26.1. The Hall–Kier alpha value is -1.02. The van der Waals surface area contributed by atoms with Crippen LogP contribution in [0.15, 0.2) is 24.3 Å². The van der Waals surface area contributed by atoms with Crippen molar-refractivity contribution in [3.63, 3.8) is 0 Å². The van der Waals surface area contributed by atoms with Gasteiger partial charge in [-0.2, -0.15) is 0 Å². The van der Waals surface area contributed by atoms with Crippen molar-refractivity contribution in [1.82, 2.24) is 5.32 Å². The van der Waals surface area contributed by atoms with Crippen LogP contribution in [0.2, 0.25) is 0 Å². The van der Waals surface area contributed by atoms with E-state index in [1.165, 1.54) is 12.0 Å². The van der Waals surface area contributed by atoms with Gasteiger partial charge < -0.3 is 10.4 Å². The van der Waals surface area contributed by atoms with Gasteiger partial charge in [-0.25, -0.2) is 0 Å². The minimum Gasteiger partial charge on any atom is -0.508 e. The third-order valence-electron chi connectivity index (χ3n) is 3.31. The molecule has 2 N–H and O–H groups in total. The lowest BCUT2D eigenvalue weighted by Crippen LogP contribution is -2.31. The topological polar surface area (TPSA) is 32.3 Å². The summed E-state index contributed by atoms with van der Waals surface area (Å²) in [4.78, 5) is 0. The van der Waals surface area contributed by atoms with Crippen molar-refractivity contribution in [2.75, 3.05) is 6.54 Å². The van der Waals surface area contributed by atoms with Crippen LogP contribution < -0.4 is 5.32 Å². The molecule has 2 nitrogen and oxygen atoms in total. The monoisotopic (exact) mass is 205 g/mol. The molecule has 0 amide bonds. The molecule has 1 heterocycles. The van der Waals surface area contributed by atoms with Gasteiger partial charge in [-0.1, -0.05) is 26.0 Å². The fourth-order valence-corrected chi connectivity index (χ4v) is 2.52. The molecular formula is C13H19NO. The minimum absolute atomic E-state index is 0.353. The summed E-state index contributed by atoms with van der Waals surface area (Å²) in [6.45, 7) is 5.63. The van der Waals surface area contributed by atoms with Gasteiger partial charge in [-0.3, -0.25) is 0 Å². The van der Waals surface area contributed by atoms with Crippen LogP contribution >= 0.6 is 0 Å². The summed E-state index contributed by atoms with van der Waals surface area (Å²) < 4.78 is 0. The maximum Gasteiger partial charge on any atom is 0.115 e. The summed E-state index contributed by atoms with van der Waals surface area (Å²) in [6, 6.07) is 8.23. The second-order valence-corrected chi connectivity index (χ2v) is 4.71. The van der Waals surface area contributed by atoms with E-state index in [9.17, 15) is 5.11 Å². The highest BCUT2D eigenvalue weighted by Crippen LogP contribution is 2.32. The molecule has 1 aromatic rings. The zero-order valence-electron chi connectivity index (χ0n) is 9.40. The Bertz CT molecular complexity index is 318. The van der Waals surface area contributed by atoms with Gasteiger partial charge in [0.2, 0.25) is 0 Å². The fourth-order valence-electron chi connectivity index (χ4n) is 2.52. The van der Waals surface area contributed by atoms with Gasteiger partial charge in [0.15, 0.2) is 0 Å². The van der Waals surface area contributed by atoms with Crippen molar-refractivity contribution in [3.05, 3.63) is 29.8 Å². The fraction of sp³-hybridized carbons (Fsp3) is 0.538. The Morgan fingerprint density at radius 2 is 1.93 bits per heavy atom. The Labute approximate surface area is 91.3 Å². The van der Waals surface area contributed by atoms with E-state index in [0.717, 1.165) is 6.54 Å². The van der Waals surface area contributed by atoms with Crippen LogP contribution in [0.3, 0.4) is 0 Å². The lowest BCUT2D eigenvalue weighted by atomic mass is 9.86. The highest BCUT2D eigenvalue weighted by Gasteiger charge is 2.29. The molecular weight excluding hydrogens is 186 g/mol. The lowest BCUT2D eigenvalue weighted by molar-refractivity contribution is 0.415. The van der Waals surface area contributed by atoms with Crippen LogP contribution in [0.4, 0.5) is 0 Å². The Morgan fingerprint density at radius 3 is 2.53 bits per heavy atom. The maximum absolute atomic E-state index is 9.26. The van der Waals surface area contributed by atoms with E-state index in [-0.39, 0.29) is 0 Å². The van der Waals surface area contributed by atoms with Crippen LogP contribution in [0.25, 0.3) is 0 Å². The number of hydrogen-bond acceptors (Lipinski definition) is 2. The zero-order valence-corrected chi connectivity index (χ0v) is 9.40. The second-order valence-electron chi connectivity index (χ2n) is 4.71. The molecule has 0 aliphatic carbocycles. The van der Waals surface area contributed by atoms with Crippen LogP contribution in [0.1, 0.15) is 31.7 Å². The standard InChI is InChI=1S/C13H19NO/c1-9(2)13-12(7-8-14-13)10-3-5-11(15)6-4-10/h3-6,9,12-15H,7-8H2,1-2H3/t12-,13?/m1/s1. The molecule has 1 fully saturated rings. The summed E-state index contributed by atoms with van der Waals surface area (Å²) in [5.41, 5.74) is 1.34. The van der Waals surface area contributed by atoms with E-state index in [0.29, 0.717) is 23.6 Å². The van der Waals surface area contributed by atoms with Gasteiger partial charge >= 0.3 is 0 Å². The van der Waals surface area contributed by atoms with Crippen LogP contribution in [-0.2, 0) is 0 Å². The van der Waals surface area contributed by atoms with Crippen molar-refractivity contribution >= 4 is 0 Å². The molecule has 1 aliphatic heterocycles. The highest BCUT2D eigenvalue weighted by molar-refractivity contribution is 5.30. The molecule has 0 aromatic heterocycles. The molecule has 0 radical (unpaired) electrons. The molecule has 1 saturated heterocycles. The largest absolute Gasteiger partial charge is 0.508 e. The molecule has 0 spiro atoms. The molecule has 15 heavy (non-hydrogen) atoms. The van der Waals surface area contributed by atoms with Crippen LogP contribution in [0, 0.1) is 5.92 Å². The predicted molar refractivity (Wildman–Crippen MR) is 62.1 cm³/mol. The summed E-state index contributed by atoms with van der Waals surface area (Å²) in [5, 5.41) is 12.8. The summed E-state index contributed by atoms with van der Waals surface area (Å²) >= 11 is 0. The van der Waals surface area contributed by atoms with E-state index in [2.05, 4.69) is 19.2 Å². The Kier molecular flexibility index (Phi) is 2.96. The molecule has 0 bridgehead atoms. The SMILES string of the molecule is CC(C)C1NCC[C@@H]1c1ccc(O)cc1. The summed E-state index contributed by atoms with van der Waals surface area (Å²) in [7, 11) is 0. The Morgan fingerprint density at radius 1 is 1.27 bits per heavy atom. The van der Waals surface area contributed by atoms with Gasteiger partial charge in [0.1, 0.15) is 5.75 Å². The van der Waals surface area contributed by atoms with Gasteiger partial charge in [0.25, 0.3) is 0 Å². The molecule has 1 aromatic carbocycles. The van der Waals surface area contributed by atoms with Gasteiger partial charge in [0, 0.05) is 12.0 Å². The smallest absolute Gasteiger partial charge is 0.115 e. The van der Waals surface area contributed by atoms with Crippen LogP contribution in [0.5, 0.6) is 5.75 Å². The van der Waals surface area contributed by atoms with E-state index >= 15 is 0 Å². The third kappa shape index (κ3) is 2.15. The number of phenolic OH excluding ortho intramolecular Hbond substituents is 1. The molecule has 0 saturated carbocycles. The average Bonchev–Trinajstić information content (AvgIpc) is 2.67. The summed E-state index contributed by atoms with van der Waals surface area (Å²) in [6.07, 6.45) is 1.20. The first kappa shape index (κ1) is 10.5. The number of aromatic hydroxyl groups is 1. The van der Waals surface area contributed by atoms with E-state index < -0.39 is 0 Å². The molecule has 82 valence electrons. The average molecular weight is 205 g/mol. The van der Waals surface area contributed by atoms with Crippen molar-refractivity contribution in [3.8, 4) is 5.75 Å². The van der Waals surface area contributed by atoms with Crippen molar-refractivity contribution in [2.45, 2.75) is 32.2 Å². The Balaban J connectivity index is 2.19. The minimum atomic E-state index is 0.353. The number of nitrogens with one attached hydrogen (secondary N) is 1. The molecule has 2 rings (SSSR count). The van der Waals surface area contributed by atoms with Gasteiger partial charge in [-0.05, 0) is 36.6 Å².